The van der Waals surface area contributed by atoms with Gasteiger partial charge < -0.3 is 4.74 Å². The van der Waals surface area contributed by atoms with Crippen molar-refractivity contribution in [3.05, 3.63) is 32.2 Å². The molecule has 0 N–H and O–H groups in total. The number of halogens is 1. The molecule has 10 heteroatoms. The Morgan fingerprint density at radius 3 is 2.76 bits per heavy atom. The van der Waals surface area contributed by atoms with E-state index in [1.165, 1.54) is 4.31 Å². The predicted molar refractivity (Wildman–Crippen MR) is 79.3 cm³/mol. The van der Waals surface area contributed by atoms with Crippen molar-refractivity contribution >= 4 is 38.6 Å². The van der Waals surface area contributed by atoms with Crippen LogP contribution in [0.4, 0.5) is 5.69 Å². The maximum atomic E-state index is 12.4. The monoisotopic (exact) mass is 352 g/mol. The van der Waals surface area contributed by atoms with Crippen LogP contribution in [0, 0.1) is 10.1 Å². The van der Waals surface area contributed by atoms with Crippen molar-refractivity contribution in [2.24, 2.45) is 0 Å². The lowest BCUT2D eigenvalue weighted by Gasteiger charge is -2.24. The summed E-state index contributed by atoms with van der Waals surface area (Å²) in [6.07, 6.45) is 2.38. The van der Waals surface area contributed by atoms with Crippen LogP contribution in [0.3, 0.4) is 0 Å². The van der Waals surface area contributed by atoms with Crippen molar-refractivity contribution < 1.29 is 18.1 Å². The van der Waals surface area contributed by atoms with Gasteiger partial charge in [0.25, 0.3) is 15.7 Å². The third-order valence-electron chi connectivity index (χ3n) is 3.03. The Bertz CT molecular complexity index is 683. The molecule has 1 aliphatic heterocycles. The van der Waals surface area contributed by atoms with E-state index in [2.05, 4.69) is 0 Å². The number of nitrogens with zero attached hydrogens (tertiary/aromatic N) is 2. The first-order valence-corrected chi connectivity index (χ1v) is 8.60. The topological polar surface area (TPSA) is 89.8 Å². The zero-order valence-electron chi connectivity index (χ0n) is 11.1. The molecule has 2 heterocycles. The molecule has 0 atom stereocenters. The molecule has 21 heavy (non-hydrogen) atoms. The average Bonchev–Trinajstić information content (AvgIpc) is 2.83. The fourth-order valence-electron chi connectivity index (χ4n) is 1.94. The molecule has 0 fully saturated rings. The Morgan fingerprint density at radius 2 is 2.29 bits per heavy atom. The molecule has 0 radical (unpaired) electrons. The van der Waals surface area contributed by atoms with Gasteiger partial charge in [-0.15, -0.1) is 11.3 Å². The minimum atomic E-state index is -3.76. The molecular formula is C11H13ClN2O5S2. The summed E-state index contributed by atoms with van der Waals surface area (Å²) in [6, 6.07) is 1.01. The van der Waals surface area contributed by atoms with E-state index < -0.39 is 14.9 Å². The number of methoxy groups -OCH3 is 1. The van der Waals surface area contributed by atoms with Gasteiger partial charge in [0.15, 0.2) is 4.34 Å². The number of hydrogen-bond acceptors (Lipinski definition) is 6. The highest BCUT2D eigenvalue weighted by molar-refractivity contribution is 7.91. The Morgan fingerprint density at radius 1 is 1.57 bits per heavy atom. The van der Waals surface area contributed by atoms with Gasteiger partial charge in [-0.1, -0.05) is 17.7 Å². The van der Waals surface area contributed by atoms with Gasteiger partial charge in [0.2, 0.25) is 0 Å². The summed E-state index contributed by atoms with van der Waals surface area (Å²) in [5, 5.41) is 10.7. The Labute approximate surface area is 131 Å². The second-order valence-electron chi connectivity index (χ2n) is 4.39. The third kappa shape index (κ3) is 3.43. The van der Waals surface area contributed by atoms with Gasteiger partial charge >= 0.3 is 0 Å². The van der Waals surface area contributed by atoms with Crippen LogP contribution in [0.2, 0.25) is 4.34 Å². The zero-order chi connectivity index (χ0) is 15.6. The lowest BCUT2D eigenvalue weighted by Crippen LogP contribution is -2.34. The normalized spacial score (nSPS) is 16.8. The zero-order valence-corrected chi connectivity index (χ0v) is 13.5. The highest BCUT2D eigenvalue weighted by atomic mass is 35.5. The van der Waals surface area contributed by atoms with Crippen LogP contribution in [-0.2, 0) is 14.8 Å². The van der Waals surface area contributed by atoms with Gasteiger partial charge in [0, 0.05) is 26.3 Å². The van der Waals surface area contributed by atoms with E-state index in [1.54, 1.807) is 13.2 Å². The van der Waals surface area contributed by atoms with Crippen molar-refractivity contribution in [1.29, 1.82) is 0 Å². The van der Waals surface area contributed by atoms with Crippen LogP contribution in [0.5, 0.6) is 0 Å². The van der Waals surface area contributed by atoms with Gasteiger partial charge in [-0.3, -0.25) is 10.1 Å². The number of thiophene rings is 1. The molecule has 0 spiro atoms. The molecule has 116 valence electrons. The van der Waals surface area contributed by atoms with Crippen LogP contribution >= 0.6 is 22.9 Å². The van der Waals surface area contributed by atoms with Gasteiger partial charge in [-0.25, -0.2) is 8.42 Å². The fraction of sp³-hybridized carbons (Fsp3) is 0.455. The maximum Gasteiger partial charge on any atom is 0.300 e. The van der Waals surface area contributed by atoms with E-state index >= 15 is 0 Å². The predicted octanol–water partition coefficient (Wildman–Crippen LogP) is 2.28. The summed E-state index contributed by atoms with van der Waals surface area (Å²) < 4.78 is 30.9. The van der Waals surface area contributed by atoms with Crippen LogP contribution in [0.15, 0.2) is 21.9 Å². The summed E-state index contributed by atoms with van der Waals surface area (Å²) in [4.78, 5) is 10.1. The number of rotatable bonds is 5. The van der Waals surface area contributed by atoms with E-state index in [1.807, 2.05) is 0 Å². The van der Waals surface area contributed by atoms with Crippen molar-refractivity contribution in [1.82, 2.24) is 4.31 Å². The van der Waals surface area contributed by atoms with Gasteiger partial charge in [-0.05, 0) is 12.0 Å². The maximum absolute atomic E-state index is 12.4. The Hall–Kier alpha value is -1.000. The van der Waals surface area contributed by atoms with Crippen LogP contribution in [0.25, 0.3) is 0 Å². The smallest absolute Gasteiger partial charge is 0.300 e. The average molecular weight is 353 g/mol. The van der Waals surface area contributed by atoms with Crippen LogP contribution < -0.4 is 0 Å². The highest BCUT2D eigenvalue weighted by Crippen LogP contribution is 2.37. The molecule has 0 aromatic carbocycles. The van der Waals surface area contributed by atoms with Gasteiger partial charge in [0.05, 0.1) is 11.5 Å². The van der Waals surface area contributed by atoms with Gasteiger partial charge in [-0.2, -0.15) is 4.31 Å². The largest absolute Gasteiger partial charge is 0.380 e. The molecule has 0 aliphatic carbocycles. The Balaban J connectivity index is 2.23. The summed E-state index contributed by atoms with van der Waals surface area (Å²) in [5.74, 6) is 0. The minimum absolute atomic E-state index is 0.109. The molecule has 1 aromatic rings. The van der Waals surface area contributed by atoms with Crippen LogP contribution in [0.1, 0.15) is 6.42 Å². The van der Waals surface area contributed by atoms with E-state index in [-0.39, 0.29) is 20.8 Å². The first-order valence-electron chi connectivity index (χ1n) is 5.97. The van der Waals surface area contributed by atoms with Crippen molar-refractivity contribution in [3.63, 3.8) is 0 Å². The molecule has 7 nitrogen and oxygen atoms in total. The standard InChI is InChI=1S/C11H13ClN2O5S2/c1-19-7-8-2-4-13(5-3-8)21(17,18)10-6-9(14(15)16)11(12)20-10/h2,6H,3-5,7H2,1H3. The SMILES string of the molecule is COCC1=CCN(S(=O)(=O)c2cc([N+](=O)[O-])c(Cl)s2)CC1. The highest BCUT2D eigenvalue weighted by Gasteiger charge is 2.31. The first-order chi connectivity index (χ1) is 9.86. The number of hydrogen-bond donors (Lipinski definition) is 0. The fourth-order valence-corrected chi connectivity index (χ4v) is 5.14. The lowest BCUT2D eigenvalue weighted by atomic mass is 10.1. The van der Waals surface area contributed by atoms with E-state index in [9.17, 15) is 18.5 Å². The molecule has 2 rings (SSSR count). The third-order valence-corrected chi connectivity index (χ3v) is 6.68. The molecule has 0 unspecified atom stereocenters. The molecule has 0 amide bonds. The second-order valence-corrected chi connectivity index (χ2v) is 8.21. The first kappa shape index (κ1) is 16.4. The molecule has 1 aromatic heterocycles. The number of nitro groups is 1. The van der Waals surface area contributed by atoms with Crippen molar-refractivity contribution in [2.75, 3.05) is 26.8 Å². The van der Waals surface area contributed by atoms with Crippen molar-refractivity contribution in [2.45, 2.75) is 10.6 Å². The lowest BCUT2D eigenvalue weighted by molar-refractivity contribution is -0.384. The second kappa shape index (κ2) is 6.41. The van der Waals surface area contributed by atoms with Gasteiger partial charge in [0.1, 0.15) is 4.21 Å². The molecule has 1 aliphatic rings. The number of ether oxygens (including phenoxy) is 1. The summed E-state index contributed by atoms with van der Waals surface area (Å²) in [6.45, 7) is 1.02. The minimum Gasteiger partial charge on any atom is -0.380 e. The summed E-state index contributed by atoms with van der Waals surface area (Å²) >= 11 is 6.42. The molecule has 0 saturated carbocycles. The summed E-state index contributed by atoms with van der Waals surface area (Å²) in [7, 11) is -2.18. The number of sulfonamides is 1. The van der Waals surface area contributed by atoms with E-state index in [4.69, 9.17) is 16.3 Å². The van der Waals surface area contributed by atoms with E-state index in [0.29, 0.717) is 30.9 Å². The summed E-state index contributed by atoms with van der Waals surface area (Å²) in [5.41, 5.74) is 0.659. The van der Waals surface area contributed by atoms with Crippen LogP contribution in [-0.4, -0.2) is 44.5 Å². The molecule has 0 saturated heterocycles. The van der Waals surface area contributed by atoms with E-state index in [0.717, 1.165) is 11.6 Å². The van der Waals surface area contributed by atoms with Crippen molar-refractivity contribution in [3.8, 4) is 0 Å². The molecule has 0 bridgehead atoms. The molecular weight excluding hydrogens is 340 g/mol. The quantitative estimate of drug-likeness (QED) is 0.460. The Kier molecular flexibility index (Phi) is 4.99.